The number of hydrogen-bond donors (Lipinski definition) is 2. The van der Waals surface area contributed by atoms with Crippen molar-refractivity contribution in [1.82, 2.24) is 0 Å². The van der Waals surface area contributed by atoms with E-state index in [1.54, 1.807) is 0 Å². The van der Waals surface area contributed by atoms with Crippen molar-refractivity contribution in [1.29, 1.82) is 0 Å². The van der Waals surface area contributed by atoms with Gasteiger partial charge >= 0.3 is 0 Å². The molecule has 7 nitrogen and oxygen atoms in total. The third-order valence-corrected chi connectivity index (χ3v) is 15.0. The van der Waals surface area contributed by atoms with Crippen LogP contribution in [0.3, 0.4) is 0 Å². The summed E-state index contributed by atoms with van der Waals surface area (Å²) >= 11 is 0. The third kappa shape index (κ3) is 5.10. The van der Waals surface area contributed by atoms with Crippen molar-refractivity contribution in [2.75, 3.05) is 45.4 Å². The van der Waals surface area contributed by atoms with Crippen LogP contribution in [-0.4, -0.2) is 74.0 Å². The van der Waals surface area contributed by atoms with Gasteiger partial charge < -0.3 is 34.1 Å². The minimum Gasteiger partial charge on any atom is -0.389 e. The van der Waals surface area contributed by atoms with Gasteiger partial charge in [0.15, 0.2) is 12.1 Å². The molecule has 2 spiro atoms. The fourth-order valence-corrected chi connectivity index (χ4v) is 12.5. The Hall–Kier alpha value is -1.22. The summed E-state index contributed by atoms with van der Waals surface area (Å²) in [6.07, 6.45) is 12.9. The molecule has 2 saturated heterocycles. The van der Waals surface area contributed by atoms with Crippen molar-refractivity contribution < 1.29 is 29.2 Å². The zero-order valence-corrected chi connectivity index (χ0v) is 29.8. The van der Waals surface area contributed by atoms with Gasteiger partial charge in [-0.2, -0.15) is 0 Å². The van der Waals surface area contributed by atoms with Gasteiger partial charge in [-0.25, -0.2) is 0 Å². The molecule has 2 N–H and O–H groups in total. The molecule has 8 rings (SSSR count). The summed E-state index contributed by atoms with van der Waals surface area (Å²) in [6, 6.07) is 7.11. The first-order chi connectivity index (χ1) is 22.3. The van der Waals surface area contributed by atoms with E-state index in [0.717, 1.165) is 83.7 Å². The number of benzene rings is 1. The predicted molar refractivity (Wildman–Crippen MR) is 182 cm³/mol. The van der Waals surface area contributed by atoms with Crippen LogP contribution in [0.2, 0.25) is 0 Å². The fourth-order valence-electron chi connectivity index (χ4n) is 12.5. The van der Waals surface area contributed by atoms with Crippen LogP contribution in [0.4, 0.5) is 5.69 Å². The number of ether oxygens (including phenoxy) is 4. The van der Waals surface area contributed by atoms with Gasteiger partial charge in [0.05, 0.1) is 24.4 Å². The zero-order chi connectivity index (χ0) is 32.9. The van der Waals surface area contributed by atoms with Crippen molar-refractivity contribution in [3.63, 3.8) is 0 Å². The average molecular weight is 652 g/mol. The van der Waals surface area contributed by atoms with Crippen LogP contribution in [0.1, 0.15) is 121 Å². The highest BCUT2D eigenvalue weighted by Crippen LogP contribution is 2.75. The molecule has 0 bridgehead atoms. The molecule has 0 aromatic heterocycles. The van der Waals surface area contributed by atoms with Crippen molar-refractivity contribution in [2.24, 2.45) is 34.0 Å². The molecule has 7 heteroatoms. The number of nitrogens with zero attached hydrogens (tertiary/aromatic N) is 1. The highest BCUT2D eigenvalue weighted by Gasteiger charge is 2.73. The minimum atomic E-state index is -0.834. The van der Waals surface area contributed by atoms with Crippen LogP contribution >= 0.6 is 0 Å². The number of fused-ring (bicyclic) bond motifs is 4. The molecule has 5 aliphatic carbocycles. The summed E-state index contributed by atoms with van der Waals surface area (Å²) in [6.45, 7) is 9.65. The highest BCUT2D eigenvalue weighted by molar-refractivity contribution is 5.53. The normalized spacial score (nSPS) is 44.6. The number of aliphatic hydroxyl groups is 2. The van der Waals surface area contributed by atoms with Crippen LogP contribution in [0.15, 0.2) is 18.2 Å². The molecule has 6 fully saturated rings. The molecule has 2 heterocycles. The molecular weight excluding hydrogens is 590 g/mol. The van der Waals surface area contributed by atoms with E-state index in [0.29, 0.717) is 49.9 Å². The maximum atomic E-state index is 13.1. The summed E-state index contributed by atoms with van der Waals surface area (Å²) in [5.74, 6) is 1.03. The zero-order valence-electron chi connectivity index (χ0n) is 29.8. The van der Waals surface area contributed by atoms with E-state index in [-0.39, 0.29) is 22.5 Å². The molecule has 262 valence electrons. The third-order valence-electron chi connectivity index (χ3n) is 15.0. The van der Waals surface area contributed by atoms with E-state index in [4.69, 9.17) is 18.9 Å². The summed E-state index contributed by atoms with van der Waals surface area (Å²) in [7, 11) is 4.24. The maximum absolute atomic E-state index is 13.1. The van der Waals surface area contributed by atoms with Gasteiger partial charge in [-0.1, -0.05) is 26.8 Å². The molecule has 0 radical (unpaired) electrons. The second-order valence-corrected chi connectivity index (χ2v) is 18.4. The molecule has 3 unspecified atom stereocenters. The van der Waals surface area contributed by atoms with Gasteiger partial charge in [0.1, 0.15) is 0 Å². The summed E-state index contributed by atoms with van der Waals surface area (Å²) in [5, 5.41) is 25.7. The second kappa shape index (κ2) is 11.4. The van der Waals surface area contributed by atoms with Crippen LogP contribution in [0, 0.1) is 34.0 Å². The van der Waals surface area contributed by atoms with E-state index in [9.17, 15) is 10.2 Å². The van der Waals surface area contributed by atoms with Crippen LogP contribution in [0.5, 0.6) is 0 Å². The first-order valence-corrected chi connectivity index (χ1v) is 19.1. The average Bonchev–Trinajstić information content (AvgIpc) is 3.31. The van der Waals surface area contributed by atoms with E-state index in [1.807, 2.05) is 0 Å². The lowest BCUT2D eigenvalue weighted by Gasteiger charge is -2.70. The molecule has 47 heavy (non-hydrogen) atoms. The predicted octanol–water partition coefficient (Wildman–Crippen LogP) is 6.96. The Kier molecular flexibility index (Phi) is 7.99. The number of hydrogen-bond acceptors (Lipinski definition) is 7. The Morgan fingerprint density at radius 1 is 0.957 bits per heavy atom. The summed E-state index contributed by atoms with van der Waals surface area (Å²) in [4.78, 5) is 2.20. The van der Waals surface area contributed by atoms with Crippen LogP contribution in [0.25, 0.3) is 0 Å². The molecule has 0 amide bonds. The van der Waals surface area contributed by atoms with Gasteiger partial charge in [-0.05, 0) is 129 Å². The first-order valence-electron chi connectivity index (χ1n) is 19.1. The minimum absolute atomic E-state index is 0.000978. The molecule has 4 saturated carbocycles. The lowest BCUT2D eigenvalue weighted by atomic mass is 9.36. The molecule has 2 aliphatic heterocycles. The Morgan fingerprint density at radius 3 is 2.51 bits per heavy atom. The summed E-state index contributed by atoms with van der Waals surface area (Å²) < 4.78 is 25.1. The number of anilines is 1. The molecule has 1 aromatic carbocycles. The SMILES string of the molecule is CN(C)c1ccc2c(c1)C[C@]13CCC4(C[C@]1(O)CC[C@@H]1C3C2C[C@@]2(C)[C@H]1CC[C@@]2(O)CCCOC1CCCCO1)OCC(C)(C)CO4. The van der Waals surface area contributed by atoms with Gasteiger partial charge in [-0.3, -0.25) is 0 Å². The van der Waals surface area contributed by atoms with Gasteiger partial charge in [0, 0.05) is 56.7 Å². The Morgan fingerprint density at radius 2 is 1.77 bits per heavy atom. The van der Waals surface area contributed by atoms with Crippen LogP contribution < -0.4 is 4.90 Å². The van der Waals surface area contributed by atoms with E-state index in [2.05, 4.69) is 58.0 Å². The molecule has 9 atom stereocenters. The molecular formula is C40H61NO6. The Bertz CT molecular complexity index is 1330. The van der Waals surface area contributed by atoms with Crippen molar-refractivity contribution >= 4 is 5.69 Å². The van der Waals surface area contributed by atoms with E-state index in [1.165, 1.54) is 23.2 Å². The quantitative estimate of drug-likeness (QED) is 0.322. The molecule has 7 aliphatic rings. The van der Waals surface area contributed by atoms with Crippen molar-refractivity contribution in [2.45, 2.75) is 140 Å². The second-order valence-electron chi connectivity index (χ2n) is 18.4. The number of rotatable bonds is 6. The van der Waals surface area contributed by atoms with Gasteiger partial charge in [0.2, 0.25) is 0 Å². The van der Waals surface area contributed by atoms with Crippen molar-refractivity contribution in [3.05, 3.63) is 29.3 Å². The van der Waals surface area contributed by atoms with Crippen molar-refractivity contribution in [3.8, 4) is 0 Å². The smallest absolute Gasteiger partial charge is 0.171 e. The summed E-state index contributed by atoms with van der Waals surface area (Å²) in [5.41, 5.74) is 2.20. The monoisotopic (exact) mass is 651 g/mol. The maximum Gasteiger partial charge on any atom is 0.171 e. The van der Waals surface area contributed by atoms with Crippen LogP contribution in [-0.2, 0) is 25.4 Å². The molecule has 1 aromatic rings. The standard InChI is InChI=1S/C40H61NO6/c1-35(2)25-46-40(47-26-35)18-17-37-22-27-21-28(41(4)5)10-11-29(27)31-23-36(3)32(30(34(31)37)12-15-39(37,43)24-40)13-16-38(36,42)14-8-20-45-33-9-6-7-19-44-33/h10-11,21,30-34,42-43H,6-9,12-20,22-26H2,1-5H3/t30-,31?,32-,33?,34?,36-,37-,38-,39+/m0/s1. The highest BCUT2D eigenvalue weighted by atomic mass is 16.7. The lowest BCUT2D eigenvalue weighted by molar-refractivity contribution is -0.358. The van der Waals surface area contributed by atoms with E-state index < -0.39 is 17.0 Å². The van der Waals surface area contributed by atoms with Gasteiger partial charge in [-0.15, -0.1) is 0 Å². The lowest BCUT2D eigenvalue weighted by Crippen LogP contribution is -2.71. The Labute approximate surface area is 283 Å². The Balaban J connectivity index is 1.12. The largest absolute Gasteiger partial charge is 0.389 e. The van der Waals surface area contributed by atoms with Gasteiger partial charge in [0.25, 0.3) is 0 Å². The topological polar surface area (TPSA) is 80.6 Å². The first kappa shape index (κ1) is 33.0. The van der Waals surface area contributed by atoms with E-state index >= 15 is 0 Å². The fraction of sp³-hybridized carbons (Fsp3) is 0.850.